The monoisotopic (exact) mass is 366 g/mol. The summed E-state index contributed by atoms with van der Waals surface area (Å²) in [6, 6.07) is 7.85. The molecule has 1 aliphatic carbocycles. The number of nitrogens with one attached hydrogen (secondary N) is 2. The maximum Gasteiger partial charge on any atom is 0.341 e. The lowest BCUT2D eigenvalue weighted by Gasteiger charge is -2.11. The first-order valence-corrected chi connectivity index (χ1v) is 8.79. The third kappa shape index (κ3) is 3.65. The summed E-state index contributed by atoms with van der Waals surface area (Å²) in [6.45, 7) is 0. The molecule has 3 rings (SSSR count). The van der Waals surface area contributed by atoms with Crippen LogP contribution in [0.4, 0.5) is 5.00 Å². The lowest BCUT2D eigenvalue weighted by Crippen LogP contribution is -2.30. The fourth-order valence-electron chi connectivity index (χ4n) is 2.18. The number of thiophene rings is 1. The number of esters is 1. The predicted octanol–water partition coefficient (Wildman–Crippen LogP) is 4.30. The van der Waals surface area contributed by atoms with Crippen LogP contribution < -0.4 is 10.6 Å². The summed E-state index contributed by atoms with van der Waals surface area (Å²) in [4.78, 5) is 12.3. The molecule has 1 fully saturated rings. The SMILES string of the molecule is COC(=O)c1c(-c2ccccc2Cl)csc1NC(=S)NC1CC1. The molecule has 1 saturated carbocycles. The van der Waals surface area contributed by atoms with E-state index in [1.807, 2.05) is 23.6 Å². The van der Waals surface area contributed by atoms with Crippen LogP contribution >= 0.6 is 35.2 Å². The fourth-order valence-corrected chi connectivity index (χ4v) is 3.71. The van der Waals surface area contributed by atoms with Gasteiger partial charge in [0.15, 0.2) is 5.11 Å². The zero-order valence-corrected chi connectivity index (χ0v) is 14.8. The number of carbonyl (C=O) groups excluding carboxylic acids is 1. The van der Waals surface area contributed by atoms with Crippen LogP contribution in [0.1, 0.15) is 23.2 Å². The number of thiocarbonyl (C=S) groups is 1. The highest BCUT2D eigenvalue weighted by molar-refractivity contribution is 7.80. The Balaban J connectivity index is 1.95. The van der Waals surface area contributed by atoms with E-state index in [1.54, 1.807) is 6.07 Å². The molecule has 0 amide bonds. The van der Waals surface area contributed by atoms with E-state index in [0.29, 0.717) is 26.7 Å². The van der Waals surface area contributed by atoms with E-state index in [-0.39, 0.29) is 0 Å². The summed E-state index contributed by atoms with van der Waals surface area (Å²) in [6.07, 6.45) is 2.25. The zero-order valence-electron chi connectivity index (χ0n) is 12.4. The molecule has 1 heterocycles. The van der Waals surface area contributed by atoms with Gasteiger partial charge in [0, 0.05) is 27.6 Å². The molecule has 0 aliphatic heterocycles. The summed E-state index contributed by atoms with van der Waals surface area (Å²) in [5.41, 5.74) is 1.98. The molecule has 120 valence electrons. The molecule has 7 heteroatoms. The molecule has 4 nitrogen and oxygen atoms in total. The molecule has 1 aromatic heterocycles. The smallest absolute Gasteiger partial charge is 0.341 e. The second-order valence-corrected chi connectivity index (χ2v) is 6.89. The second-order valence-electron chi connectivity index (χ2n) is 5.20. The molecule has 0 spiro atoms. The fraction of sp³-hybridized carbons (Fsp3) is 0.250. The third-order valence-corrected chi connectivity index (χ3v) is 4.93. The highest BCUT2D eigenvalue weighted by Gasteiger charge is 2.25. The number of methoxy groups -OCH3 is 1. The van der Waals surface area contributed by atoms with Crippen molar-refractivity contribution in [3.05, 3.63) is 40.2 Å². The maximum absolute atomic E-state index is 12.3. The maximum atomic E-state index is 12.3. The Bertz CT molecular complexity index is 756. The van der Waals surface area contributed by atoms with E-state index in [9.17, 15) is 4.79 Å². The van der Waals surface area contributed by atoms with E-state index >= 15 is 0 Å². The van der Waals surface area contributed by atoms with Crippen LogP contribution in [-0.4, -0.2) is 24.2 Å². The summed E-state index contributed by atoms with van der Waals surface area (Å²) >= 11 is 13.0. The highest BCUT2D eigenvalue weighted by atomic mass is 35.5. The van der Waals surface area contributed by atoms with Crippen molar-refractivity contribution >= 4 is 51.2 Å². The van der Waals surface area contributed by atoms with Crippen LogP contribution in [0.2, 0.25) is 5.02 Å². The zero-order chi connectivity index (χ0) is 16.4. The van der Waals surface area contributed by atoms with Crippen molar-refractivity contribution in [2.75, 3.05) is 12.4 Å². The van der Waals surface area contributed by atoms with Gasteiger partial charge in [0.1, 0.15) is 10.6 Å². The Kier molecular flexibility index (Phi) is 4.84. The van der Waals surface area contributed by atoms with Crippen molar-refractivity contribution in [3.63, 3.8) is 0 Å². The minimum atomic E-state index is -0.419. The Morgan fingerprint density at radius 3 is 2.74 bits per heavy atom. The molecule has 0 saturated heterocycles. The largest absolute Gasteiger partial charge is 0.465 e. The highest BCUT2D eigenvalue weighted by Crippen LogP contribution is 2.39. The Labute approximate surface area is 148 Å². The number of hydrogen-bond donors (Lipinski definition) is 2. The van der Waals surface area contributed by atoms with Gasteiger partial charge in [-0.2, -0.15) is 0 Å². The number of hydrogen-bond acceptors (Lipinski definition) is 4. The van der Waals surface area contributed by atoms with Crippen molar-refractivity contribution in [2.45, 2.75) is 18.9 Å². The van der Waals surface area contributed by atoms with Crippen molar-refractivity contribution in [2.24, 2.45) is 0 Å². The number of carbonyl (C=O) groups is 1. The molecular weight excluding hydrogens is 352 g/mol. The molecule has 1 aromatic carbocycles. The van der Waals surface area contributed by atoms with Crippen molar-refractivity contribution in [1.29, 1.82) is 0 Å². The summed E-state index contributed by atoms with van der Waals surface area (Å²) in [7, 11) is 1.36. The Hall–Kier alpha value is -1.63. The van der Waals surface area contributed by atoms with Crippen LogP contribution in [-0.2, 0) is 4.74 Å². The van der Waals surface area contributed by atoms with E-state index in [2.05, 4.69) is 10.6 Å². The van der Waals surface area contributed by atoms with Crippen molar-refractivity contribution < 1.29 is 9.53 Å². The Morgan fingerprint density at radius 1 is 1.35 bits per heavy atom. The van der Waals surface area contributed by atoms with E-state index in [4.69, 9.17) is 28.6 Å². The van der Waals surface area contributed by atoms with E-state index in [0.717, 1.165) is 24.0 Å². The minimum absolute atomic E-state index is 0.419. The molecule has 1 aliphatic rings. The van der Waals surface area contributed by atoms with Gasteiger partial charge in [-0.25, -0.2) is 4.79 Å². The predicted molar refractivity (Wildman–Crippen MR) is 98.5 cm³/mol. The van der Waals surface area contributed by atoms with Gasteiger partial charge >= 0.3 is 5.97 Å². The third-order valence-electron chi connectivity index (χ3n) is 3.48. The average Bonchev–Trinajstić information content (AvgIpc) is 3.25. The standard InChI is InChI=1S/C16H15ClN2O2S2/c1-21-15(20)13-11(10-4-2-3-5-12(10)17)8-23-14(13)19-16(22)18-9-6-7-9/h2-5,8-9H,6-7H2,1H3,(H2,18,19,22). The molecule has 2 aromatic rings. The molecule has 0 unspecified atom stereocenters. The summed E-state index contributed by atoms with van der Waals surface area (Å²) in [5, 5.41) is 9.94. The summed E-state index contributed by atoms with van der Waals surface area (Å²) < 4.78 is 4.93. The first-order chi connectivity index (χ1) is 11.1. The van der Waals surface area contributed by atoms with E-state index in [1.165, 1.54) is 18.4 Å². The van der Waals surface area contributed by atoms with Gasteiger partial charge in [-0.1, -0.05) is 29.8 Å². The van der Waals surface area contributed by atoms with Crippen molar-refractivity contribution in [1.82, 2.24) is 5.32 Å². The molecular formula is C16H15ClN2O2S2. The Morgan fingerprint density at radius 2 is 2.09 bits per heavy atom. The van der Waals surface area contributed by atoms with Gasteiger partial charge in [-0.3, -0.25) is 0 Å². The molecule has 0 bridgehead atoms. The van der Waals surface area contributed by atoms with Crippen LogP contribution in [0.3, 0.4) is 0 Å². The van der Waals surface area contributed by atoms with Crippen molar-refractivity contribution in [3.8, 4) is 11.1 Å². The topological polar surface area (TPSA) is 50.4 Å². The van der Waals surface area contributed by atoms with Gasteiger partial charge in [-0.15, -0.1) is 11.3 Å². The number of anilines is 1. The minimum Gasteiger partial charge on any atom is -0.465 e. The van der Waals surface area contributed by atoms with Crippen LogP contribution in [0.25, 0.3) is 11.1 Å². The molecule has 23 heavy (non-hydrogen) atoms. The van der Waals surface area contributed by atoms with Gasteiger partial charge in [0.25, 0.3) is 0 Å². The van der Waals surface area contributed by atoms with Gasteiger partial charge < -0.3 is 15.4 Å². The first-order valence-electron chi connectivity index (χ1n) is 7.12. The summed E-state index contributed by atoms with van der Waals surface area (Å²) in [5.74, 6) is -0.419. The normalized spacial score (nSPS) is 13.5. The molecule has 2 N–H and O–H groups in total. The lowest BCUT2D eigenvalue weighted by molar-refractivity contribution is 0.0603. The molecule has 0 atom stereocenters. The number of halogens is 1. The van der Waals surface area contributed by atoms with Crippen LogP contribution in [0, 0.1) is 0 Å². The number of benzene rings is 1. The number of ether oxygens (including phenoxy) is 1. The van der Waals surface area contributed by atoms with Crippen LogP contribution in [0.15, 0.2) is 29.6 Å². The van der Waals surface area contributed by atoms with Gasteiger partial charge in [-0.05, 0) is 31.1 Å². The lowest BCUT2D eigenvalue weighted by atomic mass is 10.0. The van der Waals surface area contributed by atoms with Gasteiger partial charge in [0.2, 0.25) is 0 Å². The second kappa shape index (κ2) is 6.86. The number of rotatable bonds is 4. The van der Waals surface area contributed by atoms with E-state index < -0.39 is 5.97 Å². The quantitative estimate of drug-likeness (QED) is 0.624. The average molecular weight is 367 g/mol. The molecule has 0 radical (unpaired) electrons. The first kappa shape index (κ1) is 16.2. The van der Waals surface area contributed by atoms with Crippen LogP contribution in [0.5, 0.6) is 0 Å². The van der Waals surface area contributed by atoms with Gasteiger partial charge in [0.05, 0.1) is 7.11 Å².